The average Bonchev–Trinajstić information content (AvgIpc) is 3.23. The quantitative estimate of drug-likeness (QED) is 0.826. The van der Waals surface area contributed by atoms with Crippen LogP contribution in [0.3, 0.4) is 0 Å². The van der Waals surface area contributed by atoms with E-state index in [-0.39, 0.29) is 29.6 Å². The Kier molecular flexibility index (Phi) is 4.15. The first-order valence-electron chi connectivity index (χ1n) is 8.99. The van der Waals surface area contributed by atoms with Crippen LogP contribution in [0.15, 0.2) is 41.2 Å². The molecule has 0 spiro atoms. The van der Waals surface area contributed by atoms with Crippen LogP contribution in [-0.2, 0) is 4.79 Å². The molecule has 0 aliphatic carbocycles. The number of hydrogen-bond donors (Lipinski definition) is 2. The van der Waals surface area contributed by atoms with Crippen LogP contribution in [-0.4, -0.2) is 69.8 Å². The number of amides is 1. The van der Waals surface area contributed by atoms with E-state index in [0.29, 0.717) is 18.8 Å². The highest BCUT2D eigenvalue weighted by Gasteiger charge is 2.55. The number of aromatic nitrogens is 2. The number of aliphatic carboxylic acids is 1. The fourth-order valence-corrected chi connectivity index (χ4v) is 4.37. The highest BCUT2D eigenvalue weighted by molar-refractivity contribution is 5.93. The fourth-order valence-electron chi connectivity index (χ4n) is 4.37. The van der Waals surface area contributed by atoms with Crippen LogP contribution in [0.2, 0.25) is 0 Å². The predicted molar refractivity (Wildman–Crippen MR) is 98.0 cm³/mol. The summed E-state index contributed by atoms with van der Waals surface area (Å²) >= 11 is 0. The molecule has 4 rings (SSSR count). The zero-order valence-corrected chi connectivity index (χ0v) is 15.1. The van der Waals surface area contributed by atoms with Crippen molar-refractivity contribution in [3.63, 3.8) is 0 Å². The van der Waals surface area contributed by atoms with Gasteiger partial charge in [-0.2, -0.15) is 0 Å². The second kappa shape index (κ2) is 6.38. The first-order valence-corrected chi connectivity index (χ1v) is 8.99. The number of rotatable bonds is 3. The van der Waals surface area contributed by atoms with Crippen molar-refractivity contribution in [2.75, 3.05) is 33.2 Å². The van der Waals surface area contributed by atoms with Crippen LogP contribution < -0.4 is 5.56 Å². The summed E-state index contributed by atoms with van der Waals surface area (Å²) in [5, 5.41) is 12.7. The van der Waals surface area contributed by atoms with Crippen LogP contribution in [0, 0.1) is 11.3 Å². The number of carboxylic acids is 1. The normalized spacial score (nSPS) is 25.4. The molecule has 27 heavy (non-hydrogen) atoms. The minimum Gasteiger partial charge on any atom is -0.481 e. The van der Waals surface area contributed by atoms with Crippen molar-refractivity contribution in [1.29, 1.82) is 0 Å². The van der Waals surface area contributed by atoms with Gasteiger partial charge in [-0.1, -0.05) is 18.2 Å². The number of likely N-dealkylation sites (tertiary alicyclic amines) is 2. The zero-order chi connectivity index (χ0) is 19.2. The molecule has 2 aromatic rings. The van der Waals surface area contributed by atoms with Crippen molar-refractivity contribution in [1.82, 2.24) is 19.6 Å². The molecule has 2 N–H and O–H groups in total. The summed E-state index contributed by atoms with van der Waals surface area (Å²) in [5.41, 5.74) is -0.448. The van der Waals surface area contributed by atoms with Gasteiger partial charge in [-0.3, -0.25) is 19.5 Å². The Balaban J connectivity index is 1.61. The van der Waals surface area contributed by atoms with Gasteiger partial charge in [0.05, 0.1) is 5.69 Å². The number of carbonyl (C=O) groups is 2. The molecular formula is C19H22N4O4. The van der Waals surface area contributed by atoms with Gasteiger partial charge < -0.3 is 14.9 Å². The van der Waals surface area contributed by atoms with Gasteiger partial charge in [0.25, 0.3) is 11.5 Å². The Bertz CT molecular complexity index is 935. The van der Waals surface area contributed by atoms with Crippen LogP contribution in [0.1, 0.15) is 16.9 Å². The standard InChI is InChI=1S/C19H22N4O4/c1-21-8-7-13-10-22(12-19(13,11-21)18(26)27)17(25)15-9-16(24)23(20-15)14-5-3-2-4-6-14/h2-6,9,13,20H,7-8,10-12H2,1H3,(H,26,27)/t13-,19-/m0/s1. The number of aromatic amines is 1. The number of hydrogen-bond acceptors (Lipinski definition) is 4. The molecule has 2 aliphatic heterocycles. The number of H-pyrrole nitrogens is 1. The summed E-state index contributed by atoms with van der Waals surface area (Å²) in [7, 11) is 1.91. The van der Waals surface area contributed by atoms with Gasteiger partial charge in [0.1, 0.15) is 11.1 Å². The molecular weight excluding hydrogens is 348 g/mol. The Morgan fingerprint density at radius 3 is 2.67 bits per heavy atom. The van der Waals surface area contributed by atoms with Gasteiger partial charge in [0.15, 0.2) is 0 Å². The van der Waals surface area contributed by atoms with E-state index in [1.165, 1.54) is 10.7 Å². The maximum atomic E-state index is 13.0. The van der Waals surface area contributed by atoms with Crippen LogP contribution >= 0.6 is 0 Å². The van der Waals surface area contributed by atoms with Gasteiger partial charge in [-0.05, 0) is 38.1 Å². The van der Waals surface area contributed by atoms with Gasteiger partial charge in [0.2, 0.25) is 0 Å². The van der Waals surface area contributed by atoms with Crippen LogP contribution in [0.4, 0.5) is 0 Å². The number of para-hydroxylation sites is 1. The summed E-state index contributed by atoms with van der Waals surface area (Å²) in [6, 6.07) is 10.3. The van der Waals surface area contributed by atoms with Crippen molar-refractivity contribution < 1.29 is 14.7 Å². The summed E-state index contributed by atoms with van der Waals surface area (Å²) in [6.07, 6.45) is 0.744. The second-order valence-corrected chi connectivity index (χ2v) is 7.55. The Morgan fingerprint density at radius 1 is 1.22 bits per heavy atom. The molecule has 2 saturated heterocycles. The number of benzene rings is 1. The lowest BCUT2D eigenvalue weighted by molar-refractivity contribution is -0.153. The lowest BCUT2D eigenvalue weighted by Gasteiger charge is -2.39. The van der Waals surface area contributed by atoms with E-state index in [9.17, 15) is 19.5 Å². The van der Waals surface area contributed by atoms with E-state index in [2.05, 4.69) is 5.10 Å². The van der Waals surface area contributed by atoms with E-state index in [1.54, 1.807) is 17.0 Å². The molecule has 1 amide bonds. The minimum absolute atomic E-state index is 0.0712. The number of fused-ring (bicyclic) bond motifs is 1. The second-order valence-electron chi connectivity index (χ2n) is 7.55. The summed E-state index contributed by atoms with van der Waals surface area (Å²) in [5.74, 6) is -1.26. The largest absolute Gasteiger partial charge is 0.481 e. The molecule has 142 valence electrons. The van der Waals surface area contributed by atoms with E-state index in [1.807, 2.05) is 30.1 Å². The zero-order valence-electron chi connectivity index (χ0n) is 15.1. The lowest BCUT2D eigenvalue weighted by Crippen LogP contribution is -2.52. The SMILES string of the molecule is CN1CC[C@H]2CN(C(=O)c3cc(=O)n(-c4ccccc4)[nH]3)C[C@@]2(C(=O)O)C1. The third-order valence-corrected chi connectivity index (χ3v) is 5.78. The third-order valence-electron chi connectivity index (χ3n) is 5.78. The van der Waals surface area contributed by atoms with E-state index in [0.717, 1.165) is 13.0 Å². The molecule has 8 heteroatoms. The number of carboxylic acid groups (broad SMARTS) is 1. The van der Waals surface area contributed by atoms with Gasteiger partial charge >= 0.3 is 5.97 Å². The Morgan fingerprint density at radius 2 is 1.96 bits per heavy atom. The number of piperidine rings is 1. The number of nitrogens with zero attached hydrogens (tertiary/aromatic N) is 3. The molecule has 3 heterocycles. The highest BCUT2D eigenvalue weighted by Crippen LogP contribution is 2.42. The number of carbonyl (C=O) groups excluding carboxylic acids is 1. The van der Waals surface area contributed by atoms with Crippen molar-refractivity contribution >= 4 is 11.9 Å². The van der Waals surface area contributed by atoms with Crippen molar-refractivity contribution in [2.24, 2.45) is 11.3 Å². The Hall–Kier alpha value is -2.87. The monoisotopic (exact) mass is 370 g/mol. The first-order chi connectivity index (χ1) is 12.9. The molecule has 8 nitrogen and oxygen atoms in total. The molecule has 2 fully saturated rings. The molecule has 0 bridgehead atoms. The summed E-state index contributed by atoms with van der Waals surface area (Å²) in [6.45, 7) is 1.81. The maximum absolute atomic E-state index is 13.0. The van der Waals surface area contributed by atoms with E-state index >= 15 is 0 Å². The topological polar surface area (TPSA) is 98.6 Å². The molecule has 2 aliphatic rings. The third kappa shape index (κ3) is 2.86. The molecule has 2 atom stereocenters. The maximum Gasteiger partial charge on any atom is 0.313 e. The number of nitrogens with one attached hydrogen (secondary N) is 1. The van der Waals surface area contributed by atoms with Gasteiger partial charge in [0, 0.05) is 25.7 Å². The molecule has 0 saturated carbocycles. The van der Waals surface area contributed by atoms with E-state index in [4.69, 9.17) is 0 Å². The average molecular weight is 370 g/mol. The fraction of sp³-hybridized carbons (Fsp3) is 0.421. The predicted octanol–water partition coefficient (Wildman–Crippen LogP) is 0.644. The van der Waals surface area contributed by atoms with E-state index < -0.39 is 11.4 Å². The smallest absolute Gasteiger partial charge is 0.313 e. The van der Waals surface area contributed by atoms with Gasteiger partial charge in [-0.15, -0.1) is 0 Å². The molecule has 0 radical (unpaired) electrons. The molecule has 0 unspecified atom stereocenters. The van der Waals surface area contributed by atoms with Crippen molar-refractivity contribution in [3.8, 4) is 5.69 Å². The lowest BCUT2D eigenvalue weighted by atomic mass is 9.73. The van der Waals surface area contributed by atoms with Crippen molar-refractivity contribution in [2.45, 2.75) is 6.42 Å². The minimum atomic E-state index is -0.940. The highest BCUT2D eigenvalue weighted by atomic mass is 16.4. The molecule has 1 aromatic carbocycles. The first kappa shape index (κ1) is 17.5. The summed E-state index contributed by atoms with van der Waals surface area (Å²) in [4.78, 5) is 40.9. The van der Waals surface area contributed by atoms with Gasteiger partial charge in [-0.25, -0.2) is 4.68 Å². The van der Waals surface area contributed by atoms with Crippen LogP contribution in [0.25, 0.3) is 5.69 Å². The Labute approximate surface area is 156 Å². The molecule has 1 aromatic heterocycles. The van der Waals surface area contributed by atoms with Crippen molar-refractivity contribution in [3.05, 3.63) is 52.4 Å². The van der Waals surface area contributed by atoms with Crippen LogP contribution in [0.5, 0.6) is 0 Å². The summed E-state index contributed by atoms with van der Waals surface area (Å²) < 4.78 is 1.32.